The number of hydrogen-bond donors (Lipinski definition) is 0. The molecule has 1 rings (SSSR count). The molecule has 0 amide bonds. The predicted molar refractivity (Wildman–Crippen MR) is 23.7 cm³/mol. The van der Waals surface area contributed by atoms with E-state index in [1.807, 2.05) is 3.58 Å². The fourth-order valence-electron chi connectivity index (χ4n) is 0.465. The molecule has 0 bridgehead atoms. The standard InChI is InChI=1S/C5H8I2/c1-6-5-2-3-7-4-5/h2H,3-4H2,1H3/q-2. The molecule has 7 heavy (non-hydrogen) atoms. The van der Waals surface area contributed by atoms with Crippen molar-refractivity contribution in [2.24, 2.45) is 0 Å². The molecule has 44 valence electrons. The van der Waals surface area contributed by atoms with Gasteiger partial charge in [-0.2, -0.15) is 0 Å². The van der Waals surface area contributed by atoms with Crippen LogP contribution < -0.4 is 42.4 Å². The minimum atomic E-state index is 0.493. The Kier molecular flexibility index (Phi) is 2.95. The molecule has 1 aliphatic heterocycles. The van der Waals surface area contributed by atoms with E-state index in [2.05, 4.69) is 11.0 Å². The van der Waals surface area contributed by atoms with Crippen molar-refractivity contribution in [3.63, 3.8) is 0 Å². The summed E-state index contributed by atoms with van der Waals surface area (Å²) in [5.41, 5.74) is 0. The van der Waals surface area contributed by atoms with Crippen LogP contribution in [-0.2, 0) is 0 Å². The van der Waals surface area contributed by atoms with Gasteiger partial charge in [0.1, 0.15) is 0 Å². The summed E-state index contributed by atoms with van der Waals surface area (Å²) in [4.78, 5) is 2.36. The molecule has 0 atom stereocenters. The summed E-state index contributed by atoms with van der Waals surface area (Å²) in [6, 6.07) is 0. The number of alkyl halides is 3. The van der Waals surface area contributed by atoms with Crippen LogP contribution in [0.1, 0.15) is 0 Å². The van der Waals surface area contributed by atoms with Crippen molar-refractivity contribution >= 4 is 0 Å². The molecule has 0 radical (unpaired) electrons. The number of hydrogen-bond acceptors (Lipinski definition) is 0. The van der Waals surface area contributed by atoms with Gasteiger partial charge in [-0.15, -0.1) is 0 Å². The molecule has 0 spiro atoms. The molecule has 0 aromatic carbocycles. The maximum atomic E-state index is 2.47. The fraction of sp³-hybridized carbons (Fsp3) is 0.600. The third-order valence-electron chi connectivity index (χ3n) is 0.873. The molecule has 0 saturated carbocycles. The van der Waals surface area contributed by atoms with E-state index >= 15 is 0 Å². The van der Waals surface area contributed by atoms with Crippen LogP contribution in [0.25, 0.3) is 0 Å². The first kappa shape index (κ1) is 6.32. The van der Waals surface area contributed by atoms with E-state index in [4.69, 9.17) is 0 Å². The van der Waals surface area contributed by atoms with Gasteiger partial charge in [0.15, 0.2) is 0 Å². The zero-order chi connectivity index (χ0) is 5.11. The molecule has 1 aliphatic rings. The van der Waals surface area contributed by atoms with Crippen LogP contribution in [0.4, 0.5) is 0 Å². The summed E-state index contributed by atoms with van der Waals surface area (Å²) >= 11 is 1.12. The Morgan fingerprint density at radius 2 is 2.71 bits per heavy atom. The van der Waals surface area contributed by atoms with Crippen LogP contribution in [0.3, 0.4) is 0 Å². The zero-order valence-electron chi connectivity index (χ0n) is 4.25. The van der Waals surface area contributed by atoms with Crippen molar-refractivity contribution in [1.29, 1.82) is 0 Å². The molecule has 1 heterocycles. The SMILES string of the molecule is C[I-]C1=CC[I-]C1. The topological polar surface area (TPSA) is 0 Å². The van der Waals surface area contributed by atoms with Crippen molar-refractivity contribution in [3.8, 4) is 0 Å². The number of halogens is 2. The molecule has 0 aromatic heterocycles. The molecular formula is C5H8I2-2. The summed E-state index contributed by atoms with van der Waals surface area (Å²) < 4.78 is 4.83. The number of allylic oxidation sites excluding steroid dienone is 2. The Labute approximate surface area is 65.3 Å². The Morgan fingerprint density at radius 3 is 3.00 bits per heavy atom. The zero-order valence-corrected chi connectivity index (χ0v) is 8.56. The predicted octanol–water partition coefficient (Wildman–Crippen LogP) is -5.31. The molecule has 0 fully saturated rings. The van der Waals surface area contributed by atoms with Gasteiger partial charge in [0.05, 0.1) is 0 Å². The van der Waals surface area contributed by atoms with Crippen LogP contribution in [0.2, 0.25) is 0 Å². The van der Waals surface area contributed by atoms with Gasteiger partial charge in [0, 0.05) is 0 Å². The van der Waals surface area contributed by atoms with Crippen molar-refractivity contribution in [1.82, 2.24) is 0 Å². The van der Waals surface area contributed by atoms with Gasteiger partial charge in [-0.3, -0.25) is 0 Å². The second-order valence-corrected chi connectivity index (χ2v) is 6.50. The van der Waals surface area contributed by atoms with Crippen LogP contribution >= 0.6 is 0 Å². The molecular weight excluding hydrogens is 314 g/mol. The van der Waals surface area contributed by atoms with Gasteiger partial charge in [-0.05, 0) is 0 Å². The van der Waals surface area contributed by atoms with E-state index in [-0.39, 0.29) is 0 Å². The normalized spacial score (nSPS) is 21.6. The summed E-state index contributed by atoms with van der Waals surface area (Å²) in [6.45, 7) is 0. The van der Waals surface area contributed by atoms with Crippen LogP contribution in [0.5, 0.6) is 0 Å². The Bertz CT molecular complexity index is 86.1. The van der Waals surface area contributed by atoms with Crippen molar-refractivity contribution in [3.05, 3.63) is 9.66 Å². The van der Waals surface area contributed by atoms with Crippen LogP contribution in [-0.4, -0.2) is 13.8 Å². The Hall–Kier alpha value is 1.20. The maximum absolute atomic E-state index is 2.47. The third kappa shape index (κ3) is 1.87. The molecule has 0 unspecified atom stereocenters. The molecule has 0 aliphatic carbocycles. The van der Waals surface area contributed by atoms with E-state index in [0.29, 0.717) is 42.4 Å². The molecule has 0 saturated heterocycles. The van der Waals surface area contributed by atoms with E-state index in [0.717, 1.165) is 0 Å². The molecule has 0 nitrogen and oxygen atoms in total. The first-order valence-electron chi connectivity index (χ1n) is 2.15. The van der Waals surface area contributed by atoms with Crippen molar-refractivity contribution in [2.75, 3.05) is 13.8 Å². The minimum absolute atomic E-state index is 0.493. The van der Waals surface area contributed by atoms with E-state index in [1.54, 1.807) is 0 Å². The van der Waals surface area contributed by atoms with E-state index < -0.39 is 0 Å². The van der Waals surface area contributed by atoms with Gasteiger partial charge in [-0.25, -0.2) is 0 Å². The quantitative estimate of drug-likeness (QED) is 0.334. The van der Waals surface area contributed by atoms with Gasteiger partial charge in [0.25, 0.3) is 0 Å². The van der Waals surface area contributed by atoms with Crippen molar-refractivity contribution in [2.45, 2.75) is 0 Å². The summed E-state index contributed by atoms with van der Waals surface area (Å²) in [7, 11) is 0. The van der Waals surface area contributed by atoms with Gasteiger partial charge in [0.2, 0.25) is 0 Å². The van der Waals surface area contributed by atoms with Crippen LogP contribution in [0, 0.1) is 0 Å². The van der Waals surface area contributed by atoms with Gasteiger partial charge in [-0.1, -0.05) is 0 Å². The van der Waals surface area contributed by atoms with Crippen molar-refractivity contribution < 1.29 is 42.4 Å². The number of rotatable bonds is 1. The monoisotopic (exact) mass is 322 g/mol. The fourth-order valence-corrected chi connectivity index (χ4v) is 7.54. The first-order valence-corrected chi connectivity index (χ1v) is 8.44. The Morgan fingerprint density at radius 1 is 1.86 bits per heavy atom. The third-order valence-corrected chi connectivity index (χ3v) is 6.96. The van der Waals surface area contributed by atoms with E-state index in [9.17, 15) is 0 Å². The Balaban J connectivity index is 2.36. The molecule has 0 aromatic rings. The van der Waals surface area contributed by atoms with Crippen LogP contribution in [0.15, 0.2) is 9.66 Å². The summed E-state index contributed by atoms with van der Waals surface area (Å²) in [6.07, 6.45) is 2.47. The first-order chi connectivity index (χ1) is 3.43. The molecule has 0 N–H and O–H groups in total. The van der Waals surface area contributed by atoms with Gasteiger partial charge >= 0.3 is 65.9 Å². The summed E-state index contributed by atoms with van der Waals surface area (Å²) in [5, 5.41) is 0. The summed E-state index contributed by atoms with van der Waals surface area (Å²) in [5.74, 6) is 0. The van der Waals surface area contributed by atoms with E-state index in [1.165, 1.54) is 8.86 Å². The molecule has 2 heteroatoms. The second kappa shape index (κ2) is 3.27. The van der Waals surface area contributed by atoms with Gasteiger partial charge < -0.3 is 0 Å². The second-order valence-electron chi connectivity index (χ2n) is 1.32. The average Bonchev–Trinajstić information content (AvgIpc) is 2.14. The average molecular weight is 322 g/mol.